The van der Waals surface area contributed by atoms with Crippen LogP contribution in [0, 0.1) is 0 Å². The van der Waals surface area contributed by atoms with Gasteiger partial charge in [0.1, 0.15) is 10.8 Å². The second-order valence-corrected chi connectivity index (χ2v) is 3.81. The molecule has 1 rings (SSSR count). The van der Waals surface area contributed by atoms with Gasteiger partial charge >= 0.3 is 12.1 Å². The molecule has 100 valence electrons. The van der Waals surface area contributed by atoms with Crippen molar-refractivity contribution >= 4 is 17.6 Å². The van der Waals surface area contributed by atoms with Crippen LogP contribution in [0.1, 0.15) is 24.6 Å². The summed E-state index contributed by atoms with van der Waals surface area (Å²) < 4.78 is 41.7. The van der Waals surface area contributed by atoms with Crippen LogP contribution in [-0.2, 0) is 22.1 Å². The number of nitrogens with zero attached hydrogens (tertiary/aromatic N) is 1. The molecule has 0 N–H and O–H groups in total. The van der Waals surface area contributed by atoms with Gasteiger partial charge in [0.15, 0.2) is 0 Å². The van der Waals surface area contributed by atoms with Crippen molar-refractivity contribution in [2.75, 3.05) is 6.61 Å². The van der Waals surface area contributed by atoms with Crippen LogP contribution >= 0.6 is 11.6 Å². The van der Waals surface area contributed by atoms with E-state index in [1.165, 1.54) is 6.07 Å². The first-order valence-electron chi connectivity index (χ1n) is 5.22. The molecule has 0 unspecified atom stereocenters. The van der Waals surface area contributed by atoms with Gasteiger partial charge in [-0.25, -0.2) is 4.98 Å². The second-order valence-electron chi connectivity index (χ2n) is 3.45. The van der Waals surface area contributed by atoms with E-state index in [0.717, 1.165) is 6.07 Å². The van der Waals surface area contributed by atoms with E-state index in [4.69, 9.17) is 16.3 Å². The highest BCUT2D eigenvalue weighted by molar-refractivity contribution is 6.30. The lowest BCUT2D eigenvalue weighted by atomic mass is 10.1. The number of alkyl halides is 3. The standard InChI is InChI=1S/C11H11ClF3NO2/c1-2-18-9(17)6-4-7-3-5-8(11(13,14)15)16-10(7)12/h3,5H,2,4,6H2,1H3. The Bertz CT molecular complexity index is 435. The number of carbonyl (C=O) groups is 1. The van der Waals surface area contributed by atoms with E-state index in [9.17, 15) is 18.0 Å². The van der Waals surface area contributed by atoms with Crippen molar-refractivity contribution in [2.24, 2.45) is 0 Å². The molecular weight excluding hydrogens is 271 g/mol. The quantitative estimate of drug-likeness (QED) is 0.628. The van der Waals surface area contributed by atoms with Gasteiger partial charge in [-0.05, 0) is 25.0 Å². The zero-order chi connectivity index (χ0) is 13.8. The van der Waals surface area contributed by atoms with Gasteiger partial charge in [0, 0.05) is 6.42 Å². The number of aryl methyl sites for hydroxylation is 1. The summed E-state index contributed by atoms with van der Waals surface area (Å²) in [6.07, 6.45) is -4.27. The van der Waals surface area contributed by atoms with E-state index in [1.54, 1.807) is 6.92 Å². The van der Waals surface area contributed by atoms with Gasteiger partial charge in [0.05, 0.1) is 6.61 Å². The Morgan fingerprint density at radius 1 is 1.44 bits per heavy atom. The highest BCUT2D eigenvalue weighted by Gasteiger charge is 2.32. The van der Waals surface area contributed by atoms with E-state index in [1.807, 2.05) is 0 Å². The maximum atomic E-state index is 12.3. The largest absolute Gasteiger partial charge is 0.466 e. The molecule has 0 aliphatic rings. The molecule has 0 aliphatic heterocycles. The predicted molar refractivity (Wildman–Crippen MR) is 59.2 cm³/mol. The number of ether oxygens (including phenoxy) is 1. The summed E-state index contributed by atoms with van der Waals surface area (Å²) in [6, 6.07) is 2.06. The van der Waals surface area contributed by atoms with E-state index in [-0.39, 0.29) is 24.6 Å². The first kappa shape index (κ1) is 14.8. The molecule has 3 nitrogen and oxygen atoms in total. The number of halogens is 4. The molecule has 0 atom stereocenters. The Balaban J connectivity index is 2.72. The monoisotopic (exact) mass is 281 g/mol. The maximum absolute atomic E-state index is 12.3. The Morgan fingerprint density at radius 3 is 2.61 bits per heavy atom. The molecule has 1 aromatic heterocycles. The summed E-state index contributed by atoms with van der Waals surface area (Å²) in [6.45, 7) is 1.93. The van der Waals surface area contributed by atoms with Crippen LogP contribution in [0.4, 0.5) is 13.2 Å². The van der Waals surface area contributed by atoms with Crippen LogP contribution in [-0.4, -0.2) is 17.6 Å². The third-order valence-corrected chi connectivity index (χ3v) is 2.45. The molecule has 0 aliphatic carbocycles. The average Bonchev–Trinajstić information content (AvgIpc) is 2.26. The number of esters is 1. The molecular formula is C11H11ClF3NO2. The summed E-state index contributed by atoms with van der Waals surface area (Å²) >= 11 is 5.63. The van der Waals surface area contributed by atoms with Crippen molar-refractivity contribution in [3.05, 3.63) is 28.5 Å². The zero-order valence-electron chi connectivity index (χ0n) is 9.55. The molecule has 0 bridgehead atoms. The van der Waals surface area contributed by atoms with Crippen molar-refractivity contribution in [3.8, 4) is 0 Å². The van der Waals surface area contributed by atoms with Crippen molar-refractivity contribution in [1.29, 1.82) is 0 Å². The molecule has 18 heavy (non-hydrogen) atoms. The lowest BCUT2D eigenvalue weighted by Gasteiger charge is -2.08. The number of hydrogen-bond acceptors (Lipinski definition) is 3. The predicted octanol–water partition coefficient (Wildman–Crippen LogP) is 3.25. The SMILES string of the molecule is CCOC(=O)CCc1ccc(C(F)(F)F)nc1Cl. The van der Waals surface area contributed by atoms with Crippen LogP contribution in [0.15, 0.2) is 12.1 Å². The summed E-state index contributed by atoms with van der Waals surface area (Å²) in [4.78, 5) is 14.3. The first-order chi connectivity index (χ1) is 8.34. The minimum Gasteiger partial charge on any atom is -0.466 e. The van der Waals surface area contributed by atoms with Gasteiger partial charge in [-0.15, -0.1) is 0 Å². The molecule has 1 aromatic rings. The maximum Gasteiger partial charge on any atom is 0.433 e. The molecule has 0 saturated heterocycles. The fraction of sp³-hybridized carbons (Fsp3) is 0.455. The number of pyridine rings is 1. The van der Waals surface area contributed by atoms with Crippen molar-refractivity contribution < 1.29 is 22.7 Å². The van der Waals surface area contributed by atoms with Crippen molar-refractivity contribution in [3.63, 3.8) is 0 Å². The minimum atomic E-state index is -4.52. The number of rotatable bonds is 4. The fourth-order valence-corrected chi connectivity index (χ4v) is 1.53. The first-order valence-corrected chi connectivity index (χ1v) is 5.60. The number of carbonyl (C=O) groups excluding carboxylic acids is 1. The van der Waals surface area contributed by atoms with E-state index < -0.39 is 17.8 Å². The Kier molecular flexibility index (Phi) is 4.95. The molecule has 0 amide bonds. The highest BCUT2D eigenvalue weighted by atomic mass is 35.5. The van der Waals surface area contributed by atoms with Gasteiger partial charge in [-0.3, -0.25) is 4.79 Å². The number of aromatic nitrogens is 1. The lowest BCUT2D eigenvalue weighted by Crippen LogP contribution is -2.09. The summed E-state index contributed by atoms with van der Waals surface area (Å²) in [7, 11) is 0. The van der Waals surface area contributed by atoms with Crippen molar-refractivity contribution in [1.82, 2.24) is 4.98 Å². The average molecular weight is 282 g/mol. The molecule has 0 saturated carbocycles. The molecule has 0 spiro atoms. The van der Waals surface area contributed by atoms with Crippen LogP contribution in [0.5, 0.6) is 0 Å². The molecule has 0 aromatic carbocycles. The fourth-order valence-electron chi connectivity index (χ4n) is 1.28. The van der Waals surface area contributed by atoms with Crippen LogP contribution in [0.3, 0.4) is 0 Å². The summed E-state index contributed by atoms with van der Waals surface area (Å²) in [5.74, 6) is -0.423. The lowest BCUT2D eigenvalue weighted by molar-refractivity contribution is -0.143. The van der Waals surface area contributed by atoms with E-state index in [2.05, 4.69) is 4.98 Å². The minimum absolute atomic E-state index is 0.0562. The third kappa shape index (κ3) is 4.18. The molecule has 1 heterocycles. The third-order valence-electron chi connectivity index (χ3n) is 2.12. The van der Waals surface area contributed by atoms with Gasteiger partial charge in [0.25, 0.3) is 0 Å². The summed E-state index contributed by atoms with van der Waals surface area (Å²) in [5, 5.41) is -0.242. The smallest absolute Gasteiger partial charge is 0.433 e. The normalized spacial score (nSPS) is 11.4. The number of hydrogen-bond donors (Lipinski definition) is 0. The van der Waals surface area contributed by atoms with Gasteiger partial charge in [0.2, 0.25) is 0 Å². The second kappa shape index (κ2) is 6.04. The van der Waals surface area contributed by atoms with Crippen LogP contribution in [0.25, 0.3) is 0 Å². The molecule has 0 fully saturated rings. The van der Waals surface area contributed by atoms with Gasteiger partial charge in [-0.2, -0.15) is 13.2 Å². The van der Waals surface area contributed by atoms with Gasteiger partial charge in [-0.1, -0.05) is 17.7 Å². The molecule has 0 radical (unpaired) electrons. The highest BCUT2D eigenvalue weighted by Crippen LogP contribution is 2.29. The topological polar surface area (TPSA) is 39.2 Å². The van der Waals surface area contributed by atoms with E-state index >= 15 is 0 Å². The Labute approximate surface area is 107 Å². The summed E-state index contributed by atoms with van der Waals surface area (Å²) in [5.41, 5.74) is -0.662. The Hall–Kier alpha value is -1.30. The van der Waals surface area contributed by atoms with Crippen molar-refractivity contribution in [2.45, 2.75) is 25.9 Å². The molecule has 7 heteroatoms. The van der Waals surface area contributed by atoms with Crippen LogP contribution < -0.4 is 0 Å². The van der Waals surface area contributed by atoms with E-state index in [0.29, 0.717) is 5.56 Å². The zero-order valence-corrected chi connectivity index (χ0v) is 10.3. The Morgan fingerprint density at radius 2 is 2.11 bits per heavy atom. The van der Waals surface area contributed by atoms with Crippen LogP contribution in [0.2, 0.25) is 5.15 Å². The van der Waals surface area contributed by atoms with Gasteiger partial charge < -0.3 is 4.74 Å².